The highest BCUT2D eigenvalue weighted by molar-refractivity contribution is 8.14. The molecule has 2 aromatic carbocycles. The van der Waals surface area contributed by atoms with Gasteiger partial charge in [0, 0.05) is 74.1 Å². The molecule has 20 nitrogen and oxygen atoms in total. The van der Waals surface area contributed by atoms with Crippen LogP contribution in [0.1, 0.15) is 129 Å². The number of likely N-dealkylation sites (N-methyl/N-ethyl adjacent to an activating group) is 2. The van der Waals surface area contributed by atoms with E-state index in [0.717, 1.165) is 43.6 Å². The number of likely N-dealkylation sites (tertiary alicyclic amines) is 2. The van der Waals surface area contributed by atoms with Crippen LogP contribution in [0, 0.1) is 28.9 Å². The van der Waals surface area contributed by atoms with Crippen molar-refractivity contribution in [2.24, 2.45) is 16.0 Å². The lowest BCUT2D eigenvalue weighted by atomic mass is 9.87. The molecule has 0 saturated carbocycles. The van der Waals surface area contributed by atoms with Crippen LogP contribution in [0.5, 0.6) is 5.88 Å². The number of nitriles is 1. The number of piperidine rings is 1. The summed E-state index contributed by atoms with van der Waals surface area (Å²) in [6, 6.07) is 8.31. The van der Waals surface area contributed by atoms with Crippen LogP contribution in [0.2, 0.25) is 0 Å². The van der Waals surface area contributed by atoms with Crippen molar-refractivity contribution in [3.63, 3.8) is 0 Å². The highest BCUT2D eigenvalue weighted by atomic mass is 32.2. The summed E-state index contributed by atoms with van der Waals surface area (Å²) in [6.45, 7) is 5.14. The van der Waals surface area contributed by atoms with Crippen LogP contribution < -0.4 is 26.4 Å². The van der Waals surface area contributed by atoms with Crippen molar-refractivity contribution in [3.05, 3.63) is 88.4 Å². The molecule has 0 radical (unpaired) electrons. The maximum Gasteiger partial charge on any atom is 0.258 e. The van der Waals surface area contributed by atoms with Gasteiger partial charge >= 0.3 is 0 Å². The number of unbranched alkanes of at least 4 members (excludes halogenated alkanes) is 5. The van der Waals surface area contributed by atoms with E-state index >= 15 is 0 Å². The normalized spacial score (nSPS) is 21.0. The van der Waals surface area contributed by atoms with Crippen molar-refractivity contribution < 1.29 is 42.3 Å². The van der Waals surface area contributed by atoms with Crippen molar-refractivity contribution in [2.75, 3.05) is 58.3 Å². The van der Waals surface area contributed by atoms with E-state index in [-0.39, 0.29) is 88.7 Å². The van der Waals surface area contributed by atoms with Crippen molar-refractivity contribution in [1.29, 1.82) is 5.26 Å². The number of nitrogens with two attached hydrogens (primary N) is 1. The number of aliphatic imine (C=N–C) groups is 1. The maximum atomic E-state index is 14.5. The molecule has 23 heteroatoms. The van der Waals surface area contributed by atoms with Gasteiger partial charge in [0.05, 0.1) is 47.8 Å². The summed E-state index contributed by atoms with van der Waals surface area (Å²) in [5.41, 5.74) is 7.63. The zero-order valence-electron chi connectivity index (χ0n) is 45.1. The first-order valence-electron chi connectivity index (χ1n) is 27.2. The summed E-state index contributed by atoms with van der Waals surface area (Å²) in [6.07, 6.45) is 10.3. The van der Waals surface area contributed by atoms with E-state index in [0.29, 0.717) is 75.0 Å². The van der Waals surface area contributed by atoms with Gasteiger partial charge in [-0.15, -0.1) is 11.8 Å². The first-order chi connectivity index (χ1) is 38.1. The number of ether oxygens (including phenoxy) is 1. The average molecular weight is 1110 g/mol. The summed E-state index contributed by atoms with van der Waals surface area (Å²) in [7, 11) is 3.24. The van der Waals surface area contributed by atoms with E-state index < -0.39 is 47.8 Å². The Morgan fingerprint density at radius 2 is 1.67 bits per heavy atom. The first-order valence-corrected chi connectivity index (χ1v) is 28.2. The van der Waals surface area contributed by atoms with Gasteiger partial charge in [-0.1, -0.05) is 25.7 Å². The van der Waals surface area contributed by atoms with Crippen molar-refractivity contribution in [3.8, 4) is 11.9 Å². The topological polar surface area (TPSA) is 261 Å². The Bertz CT molecular complexity index is 2910. The molecule has 3 aromatic rings. The number of nitrogens with one attached hydrogen (secondary N) is 3. The van der Waals surface area contributed by atoms with Crippen LogP contribution in [0.25, 0.3) is 5.57 Å². The molecule has 2 unspecified atom stereocenters. The molecular weight excluding hydrogens is 1040 g/mol. The molecule has 420 valence electrons. The van der Waals surface area contributed by atoms with Crippen molar-refractivity contribution in [1.82, 2.24) is 45.6 Å². The molecule has 6 heterocycles. The molecule has 0 aliphatic carbocycles. The van der Waals surface area contributed by atoms with Gasteiger partial charge in [-0.05, 0) is 108 Å². The fourth-order valence-corrected chi connectivity index (χ4v) is 11.9. The Kier molecular flexibility index (Phi) is 19.4. The molecule has 1 aromatic heterocycles. The fourth-order valence-electron chi connectivity index (χ4n) is 10.7. The number of halogens is 2. The van der Waals surface area contributed by atoms with Crippen LogP contribution in [0.4, 0.5) is 14.6 Å². The highest BCUT2D eigenvalue weighted by Crippen LogP contribution is 2.36. The predicted molar refractivity (Wildman–Crippen MR) is 294 cm³/mol. The minimum atomic E-state index is -0.871. The number of hydrazone groups is 1. The third-order valence-corrected chi connectivity index (χ3v) is 16.5. The molecule has 8 rings (SSSR count). The second-order valence-electron chi connectivity index (χ2n) is 20.6. The third kappa shape index (κ3) is 13.8. The molecule has 79 heavy (non-hydrogen) atoms. The molecule has 2 fully saturated rings. The van der Waals surface area contributed by atoms with E-state index in [1.54, 1.807) is 32.8 Å². The largest absolute Gasteiger partial charge is 0.467 e. The predicted octanol–water partition coefficient (Wildman–Crippen LogP) is 5.42. The number of Topliss-reactive ketones (excluding diaryl/α,β-unsaturated/α-hetero) is 1. The molecule has 6 atom stereocenters. The minimum absolute atomic E-state index is 0.0299. The van der Waals surface area contributed by atoms with E-state index in [2.05, 4.69) is 37.1 Å². The molecule has 5 amide bonds. The number of thioether (sulfide) groups is 1. The number of anilines is 1. The molecule has 5 N–H and O–H groups in total. The summed E-state index contributed by atoms with van der Waals surface area (Å²) in [5, 5.41) is 26.1. The lowest BCUT2D eigenvalue weighted by Gasteiger charge is -2.38. The quantitative estimate of drug-likeness (QED) is 0.0814. The monoisotopic (exact) mass is 1110 g/mol. The summed E-state index contributed by atoms with van der Waals surface area (Å²) in [5.74, 6) is -2.01. The smallest absolute Gasteiger partial charge is 0.258 e. The van der Waals surface area contributed by atoms with Gasteiger partial charge in [0.25, 0.3) is 11.8 Å². The Hall–Kier alpha value is -7.32. The fraction of sp³-hybridized carbons (Fsp3) is 0.518. The standard InChI is InChI=1S/C56H69F2N13O7S/c1-33(61-3)52(75)67-49(56(77)70-24-11-12-43(70)54-66-42(32-79-54)50(74)36-15-17-37(57)18-16-36)35-21-25-69(26-22-35)47(73)14-10-8-6-5-7-9-13-46(72)62-23-27-71-44(29-59)48-41-30-63-51(60)53(65-41)78-34(2)40-28-38(58)19-20-39(40)55(76)68(4)45(48)31-64-71/h15-20,28,30-31,33-35,42-43,45,49,61H,5-14,21-27,32H2,1-4H3,(H2,60,63)(H,62,72)(H,67,75)/t33-,34+,42?,43-,45?,49-/m0/s1. The van der Waals surface area contributed by atoms with Crippen LogP contribution in [0.15, 0.2) is 64.5 Å². The van der Waals surface area contributed by atoms with Gasteiger partial charge in [0.1, 0.15) is 41.6 Å². The van der Waals surface area contributed by atoms with Gasteiger partial charge in [-0.2, -0.15) is 10.4 Å². The van der Waals surface area contributed by atoms with Crippen molar-refractivity contribution in [2.45, 2.75) is 127 Å². The van der Waals surface area contributed by atoms with E-state index in [1.165, 1.54) is 76.5 Å². The van der Waals surface area contributed by atoms with Gasteiger partial charge in [-0.3, -0.25) is 38.8 Å². The van der Waals surface area contributed by atoms with Gasteiger partial charge in [-0.25, -0.2) is 18.7 Å². The number of aromatic nitrogens is 2. The minimum Gasteiger partial charge on any atom is -0.467 e. The van der Waals surface area contributed by atoms with E-state index in [1.807, 2.05) is 4.90 Å². The zero-order valence-corrected chi connectivity index (χ0v) is 45.9. The number of carbonyl (C=O) groups excluding carboxylic acids is 6. The zero-order chi connectivity index (χ0) is 56.3. The number of fused-ring (bicyclic) bond motifs is 5. The number of amides is 5. The number of allylic oxidation sites excluding steroid dienone is 1. The number of hydrogen-bond acceptors (Lipinski definition) is 16. The number of ketones is 1. The maximum absolute atomic E-state index is 14.5. The Morgan fingerprint density at radius 1 is 0.962 bits per heavy atom. The lowest BCUT2D eigenvalue weighted by Crippen LogP contribution is -2.58. The second kappa shape index (κ2) is 26.6. The number of nitrogen functional groups attached to an aromatic ring is 1. The van der Waals surface area contributed by atoms with Gasteiger partial charge < -0.3 is 41.1 Å². The summed E-state index contributed by atoms with van der Waals surface area (Å²) < 4.78 is 34.0. The van der Waals surface area contributed by atoms with Gasteiger partial charge in [0.2, 0.25) is 23.6 Å². The molecular formula is C56H69F2N13O7S. The number of hydrogen-bond donors (Lipinski definition) is 4. The van der Waals surface area contributed by atoms with Crippen LogP contribution in [0.3, 0.4) is 0 Å². The molecule has 5 aliphatic heterocycles. The van der Waals surface area contributed by atoms with Crippen LogP contribution in [-0.4, -0.2) is 159 Å². The number of nitrogens with zero attached hydrogens (tertiary/aromatic N) is 9. The average Bonchev–Trinajstić information content (AvgIpc) is 4.37. The number of benzene rings is 2. The third-order valence-electron chi connectivity index (χ3n) is 15.4. The first kappa shape index (κ1) is 57.8. The van der Waals surface area contributed by atoms with Crippen LogP contribution >= 0.6 is 11.8 Å². The Labute approximate surface area is 463 Å². The van der Waals surface area contributed by atoms with Crippen molar-refractivity contribution >= 4 is 69.7 Å². The lowest BCUT2D eigenvalue weighted by molar-refractivity contribution is -0.139. The Morgan fingerprint density at radius 3 is 2.39 bits per heavy atom. The van der Waals surface area contributed by atoms with E-state index in [9.17, 15) is 42.8 Å². The molecule has 2 bridgehead atoms. The Balaban J connectivity index is 0.753. The van der Waals surface area contributed by atoms with Crippen LogP contribution in [-0.2, 0) is 19.2 Å². The molecule has 2 saturated heterocycles. The number of rotatable bonds is 20. The SMILES string of the molecule is CN[C@@H](C)C(=O)N[C@H](C(=O)N1CCC[C@H]1C1=NC(C(=O)c2ccc(F)cc2)CS1)C1CCN(C(=O)CCCCCCCCC(=O)NCCN2N=CC3C(=C2C#N)c2cnc(N)c(n2)O[C@H](C)c2cc(F)ccc2C(=O)N3C)CC1. The number of carbonyl (C=O) groups is 6. The van der Waals surface area contributed by atoms with Gasteiger partial charge in [0.15, 0.2) is 11.6 Å². The molecule has 5 aliphatic rings. The summed E-state index contributed by atoms with van der Waals surface area (Å²) in [4.78, 5) is 99.9. The molecule has 0 spiro atoms. The highest BCUT2D eigenvalue weighted by Gasteiger charge is 2.43. The summed E-state index contributed by atoms with van der Waals surface area (Å²) >= 11 is 1.46. The van der Waals surface area contributed by atoms with E-state index in [4.69, 9.17) is 15.5 Å². The second-order valence-corrected chi connectivity index (χ2v) is 21.6.